The third-order valence-corrected chi connectivity index (χ3v) is 4.72. The summed E-state index contributed by atoms with van der Waals surface area (Å²) in [6.45, 7) is 3.22. The first kappa shape index (κ1) is 19.9. The Hall–Kier alpha value is -1.12. The predicted molar refractivity (Wildman–Crippen MR) is 97.6 cm³/mol. The number of nitrogens with zero attached hydrogens (tertiary/aromatic N) is 1. The van der Waals surface area contributed by atoms with E-state index in [0.29, 0.717) is 19.1 Å². The molecule has 23 heavy (non-hydrogen) atoms. The highest BCUT2D eigenvalue weighted by Gasteiger charge is 2.10. The summed E-state index contributed by atoms with van der Waals surface area (Å²) < 4.78 is 28.3. The Bertz CT molecular complexity index is 620. The molecule has 6 nitrogen and oxygen atoms in total. The van der Waals surface area contributed by atoms with Crippen molar-refractivity contribution in [1.29, 1.82) is 0 Å². The Morgan fingerprint density at radius 1 is 1.35 bits per heavy atom. The van der Waals surface area contributed by atoms with Gasteiger partial charge in [-0.15, -0.1) is 0 Å². The number of aliphatic imine (C=N–C) groups is 1. The lowest BCUT2D eigenvalue weighted by atomic mass is 10.1. The second-order valence-electron chi connectivity index (χ2n) is 5.13. The molecule has 0 aliphatic heterocycles. The SMILES string of the molecule is CN=C(NCCOCCS(C)(=O)=O)NC(C)c1ccccc1Br. The quantitative estimate of drug-likeness (QED) is 0.391. The van der Waals surface area contributed by atoms with Crippen molar-refractivity contribution in [3.8, 4) is 0 Å². The zero-order chi connectivity index (χ0) is 17.3. The molecule has 130 valence electrons. The van der Waals surface area contributed by atoms with Gasteiger partial charge in [0.1, 0.15) is 9.84 Å². The summed E-state index contributed by atoms with van der Waals surface area (Å²) in [5.74, 6) is 0.707. The van der Waals surface area contributed by atoms with Gasteiger partial charge in [0.25, 0.3) is 0 Å². The van der Waals surface area contributed by atoms with E-state index in [9.17, 15) is 8.42 Å². The number of guanidine groups is 1. The van der Waals surface area contributed by atoms with E-state index in [2.05, 4.69) is 38.5 Å². The summed E-state index contributed by atoms with van der Waals surface area (Å²) in [7, 11) is -1.27. The van der Waals surface area contributed by atoms with Gasteiger partial charge in [0.2, 0.25) is 0 Å². The van der Waals surface area contributed by atoms with E-state index in [1.54, 1.807) is 7.05 Å². The lowest BCUT2D eigenvalue weighted by Crippen LogP contribution is -2.40. The van der Waals surface area contributed by atoms with E-state index < -0.39 is 9.84 Å². The fourth-order valence-corrected chi connectivity index (χ4v) is 2.91. The predicted octanol–water partition coefficient (Wildman–Crippen LogP) is 1.74. The van der Waals surface area contributed by atoms with Gasteiger partial charge >= 0.3 is 0 Å². The molecule has 0 bridgehead atoms. The van der Waals surface area contributed by atoms with Crippen molar-refractivity contribution >= 4 is 31.7 Å². The molecular formula is C15H24BrN3O3S. The number of hydrogen-bond donors (Lipinski definition) is 2. The number of hydrogen-bond acceptors (Lipinski definition) is 4. The van der Waals surface area contributed by atoms with E-state index in [0.717, 1.165) is 10.0 Å². The van der Waals surface area contributed by atoms with E-state index in [4.69, 9.17) is 4.74 Å². The van der Waals surface area contributed by atoms with Crippen molar-refractivity contribution in [2.24, 2.45) is 4.99 Å². The van der Waals surface area contributed by atoms with E-state index in [-0.39, 0.29) is 18.4 Å². The molecule has 0 aromatic heterocycles. The molecule has 8 heteroatoms. The standard InChI is InChI=1S/C15H24BrN3O3S/c1-12(13-6-4-5-7-14(13)16)19-15(17-2)18-8-9-22-10-11-23(3,20)21/h4-7,12H,8-11H2,1-3H3,(H2,17,18,19). The van der Waals surface area contributed by atoms with E-state index in [1.165, 1.54) is 6.26 Å². The van der Waals surface area contributed by atoms with Crippen LogP contribution in [0.4, 0.5) is 0 Å². The summed E-state index contributed by atoms with van der Waals surface area (Å²) in [5.41, 5.74) is 1.14. The van der Waals surface area contributed by atoms with Crippen LogP contribution in [0.1, 0.15) is 18.5 Å². The van der Waals surface area contributed by atoms with Crippen molar-refractivity contribution in [2.75, 3.05) is 38.8 Å². The minimum atomic E-state index is -2.97. The fourth-order valence-electron chi connectivity index (χ4n) is 1.86. The van der Waals surface area contributed by atoms with E-state index >= 15 is 0 Å². The Morgan fingerprint density at radius 2 is 2.04 bits per heavy atom. The Labute approximate surface area is 146 Å². The molecule has 0 amide bonds. The average molecular weight is 406 g/mol. The molecule has 1 aromatic rings. The van der Waals surface area contributed by atoms with Crippen LogP contribution in [-0.2, 0) is 14.6 Å². The third-order valence-electron chi connectivity index (χ3n) is 3.09. The highest BCUT2D eigenvalue weighted by molar-refractivity contribution is 9.10. The normalized spacial score (nSPS) is 13.7. The van der Waals surface area contributed by atoms with Crippen LogP contribution in [0.3, 0.4) is 0 Å². The number of halogens is 1. The molecule has 0 fully saturated rings. The molecule has 1 unspecified atom stereocenters. The lowest BCUT2D eigenvalue weighted by Gasteiger charge is -2.19. The molecule has 0 heterocycles. The Balaban J connectivity index is 2.34. The summed E-state index contributed by atoms with van der Waals surface area (Å²) in [5, 5.41) is 6.43. The molecular weight excluding hydrogens is 382 g/mol. The van der Waals surface area contributed by atoms with Gasteiger partial charge < -0.3 is 15.4 Å². The van der Waals surface area contributed by atoms with Crippen molar-refractivity contribution in [3.05, 3.63) is 34.3 Å². The maximum absolute atomic E-state index is 11.0. The van der Waals surface area contributed by atoms with Gasteiger partial charge in [-0.2, -0.15) is 0 Å². The molecule has 2 N–H and O–H groups in total. The van der Waals surface area contributed by atoms with Gasteiger partial charge in [0.15, 0.2) is 5.96 Å². The maximum atomic E-state index is 11.0. The zero-order valence-electron chi connectivity index (χ0n) is 13.7. The molecule has 0 aliphatic rings. The monoisotopic (exact) mass is 405 g/mol. The molecule has 1 atom stereocenters. The number of nitrogens with one attached hydrogen (secondary N) is 2. The highest BCUT2D eigenvalue weighted by atomic mass is 79.9. The largest absolute Gasteiger partial charge is 0.379 e. The zero-order valence-corrected chi connectivity index (χ0v) is 16.1. The summed E-state index contributed by atoms with van der Waals surface area (Å²) in [4.78, 5) is 4.17. The molecule has 0 spiro atoms. The molecule has 0 radical (unpaired) electrons. The van der Waals surface area contributed by atoms with Gasteiger partial charge in [-0.3, -0.25) is 4.99 Å². The van der Waals surface area contributed by atoms with Crippen LogP contribution in [0.25, 0.3) is 0 Å². The summed E-state index contributed by atoms with van der Waals surface area (Å²) >= 11 is 3.54. The van der Waals surface area contributed by atoms with Crippen LogP contribution in [0.2, 0.25) is 0 Å². The number of sulfone groups is 1. The summed E-state index contributed by atoms with van der Waals surface area (Å²) in [6.07, 6.45) is 1.20. The van der Waals surface area contributed by atoms with Crippen molar-refractivity contribution in [2.45, 2.75) is 13.0 Å². The van der Waals surface area contributed by atoms with Crippen molar-refractivity contribution in [1.82, 2.24) is 10.6 Å². The Kier molecular flexibility index (Phi) is 8.57. The average Bonchev–Trinajstić information content (AvgIpc) is 2.48. The summed E-state index contributed by atoms with van der Waals surface area (Å²) in [6, 6.07) is 8.09. The molecule has 0 saturated heterocycles. The van der Waals surface area contributed by atoms with Gasteiger partial charge in [-0.25, -0.2) is 8.42 Å². The second kappa shape index (κ2) is 9.89. The fraction of sp³-hybridized carbons (Fsp3) is 0.533. The van der Waals surface area contributed by atoms with Gasteiger partial charge in [-0.1, -0.05) is 34.1 Å². The minimum absolute atomic E-state index is 0.0407. The van der Waals surface area contributed by atoms with Gasteiger partial charge in [0, 0.05) is 24.3 Å². The molecule has 1 rings (SSSR count). The first-order valence-corrected chi connectivity index (χ1v) is 10.2. The van der Waals surface area contributed by atoms with Crippen molar-refractivity contribution in [3.63, 3.8) is 0 Å². The van der Waals surface area contributed by atoms with Gasteiger partial charge in [0.05, 0.1) is 25.0 Å². The smallest absolute Gasteiger partial charge is 0.191 e. The first-order valence-electron chi connectivity index (χ1n) is 7.30. The molecule has 1 aromatic carbocycles. The minimum Gasteiger partial charge on any atom is -0.379 e. The highest BCUT2D eigenvalue weighted by Crippen LogP contribution is 2.22. The van der Waals surface area contributed by atoms with Crippen molar-refractivity contribution < 1.29 is 13.2 Å². The van der Waals surface area contributed by atoms with Crippen LogP contribution in [0, 0.1) is 0 Å². The number of benzene rings is 1. The first-order chi connectivity index (χ1) is 10.8. The Morgan fingerprint density at radius 3 is 2.65 bits per heavy atom. The van der Waals surface area contributed by atoms with Crippen LogP contribution >= 0.6 is 15.9 Å². The topological polar surface area (TPSA) is 79.8 Å². The van der Waals surface area contributed by atoms with Crippen LogP contribution in [0.15, 0.2) is 33.7 Å². The van der Waals surface area contributed by atoms with Crippen LogP contribution in [0.5, 0.6) is 0 Å². The lowest BCUT2D eigenvalue weighted by molar-refractivity contribution is 0.154. The van der Waals surface area contributed by atoms with Gasteiger partial charge in [-0.05, 0) is 18.6 Å². The van der Waals surface area contributed by atoms with Crippen LogP contribution < -0.4 is 10.6 Å². The van der Waals surface area contributed by atoms with E-state index in [1.807, 2.05) is 24.3 Å². The molecule has 0 aliphatic carbocycles. The number of ether oxygens (including phenoxy) is 1. The second-order valence-corrected chi connectivity index (χ2v) is 8.24. The van der Waals surface area contributed by atoms with Crippen LogP contribution in [-0.4, -0.2) is 53.2 Å². The third kappa shape index (κ3) is 8.34. The molecule has 0 saturated carbocycles. The number of rotatable bonds is 8. The maximum Gasteiger partial charge on any atom is 0.191 e.